The van der Waals surface area contributed by atoms with E-state index < -0.39 is 0 Å². The SMILES string of the molecule is CCCC(CCC)c1cccc2nc(Nc3c(C)cc(Br)cc3OC)n(C)c12.Cl. The number of aromatic nitrogens is 2. The summed E-state index contributed by atoms with van der Waals surface area (Å²) < 4.78 is 8.78. The number of ether oxygens (including phenoxy) is 1. The molecule has 0 aliphatic rings. The summed E-state index contributed by atoms with van der Waals surface area (Å²) in [6.07, 6.45) is 4.81. The number of rotatable bonds is 8. The van der Waals surface area contributed by atoms with Crippen LogP contribution >= 0.6 is 28.3 Å². The van der Waals surface area contributed by atoms with Crippen molar-refractivity contribution in [1.29, 1.82) is 0 Å². The van der Waals surface area contributed by atoms with Gasteiger partial charge in [0.15, 0.2) is 0 Å². The van der Waals surface area contributed by atoms with Gasteiger partial charge >= 0.3 is 0 Å². The van der Waals surface area contributed by atoms with Crippen LogP contribution in [0.15, 0.2) is 34.8 Å². The van der Waals surface area contributed by atoms with Crippen molar-refractivity contribution < 1.29 is 4.74 Å². The van der Waals surface area contributed by atoms with Gasteiger partial charge in [-0.05, 0) is 55.0 Å². The molecule has 3 rings (SSSR count). The summed E-state index contributed by atoms with van der Waals surface area (Å²) in [6, 6.07) is 10.6. The number of fused-ring (bicyclic) bond motifs is 1. The largest absolute Gasteiger partial charge is 0.495 e. The van der Waals surface area contributed by atoms with Crippen LogP contribution in [-0.2, 0) is 7.05 Å². The highest BCUT2D eigenvalue weighted by Crippen LogP contribution is 2.37. The molecule has 0 atom stereocenters. The molecule has 29 heavy (non-hydrogen) atoms. The van der Waals surface area contributed by atoms with Gasteiger partial charge in [-0.15, -0.1) is 12.4 Å². The van der Waals surface area contributed by atoms with Crippen molar-refractivity contribution in [3.05, 3.63) is 45.9 Å². The summed E-state index contributed by atoms with van der Waals surface area (Å²) in [7, 11) is 3.79. The first-order valence-electron chi connectivity index (χ1n) is 10.1. The molecule has 0 radical (unpaired) electrons. The highest BCUT2D eigenvalue weighted by molar-refractivity contribution is 9.10. The molecular formula is C23H31BrClN3O. The minimum atomic E-state index is 0. The van der Waals surface area contributed by atoms with Crippen molar-refractivity contribution >= 4 is 51.0 Å². The zero-order valence-electron chi connectivity index (χ0n) is 17.9. The fourth-order valence-electron chi connectivity index (χ4n) is 4.04. The molecule has 2 aromatic carbocycles. The minimum absolute atomic E-state index is 0. The van der Waals surface area contributed by atoms with Crippen molar-refractivity contribution in [2.75, 3.05) is 12.4 Å². The maximum atomic E-state index is 5.59. The van der Waals surface area contributed by atoms with E-state index in [-0.39, 0.29) is 12.4 Å². The number of hydrogen-bond donors (Lipinski definition) is 1. The van der Waals surface area contributed by atoms with Gasteiger partial charge in [0, 0.05) is 11.5 Å². The second kappa shape index (κ2) is 10.4. The number of anilines is 2. The van der Waals surface area contributed by atoms with E-state index in [0.717, 1.165) is 32.9 Å². The molecule has 3 aromatic rings. The lowest BCUT2D eigenvalue weighted by atomic mass is 9.89. The first kappa shape index (κ1) is 23.6. The van der Waals surface area contributed by atoms with Crippen LogP contribution in [0.1, 0.15) is 56.6 Å². The van der Waals surface area contributed by atoms with Gasteiger partial charge in [-0.1, -0.05) is 54.8 Å². The Bertz CT molecular complexity index is 964. The van der Waals surface area contributed by atoms with E-state index in [2.05, 4.69) is 77.9 Å². The second-order valence-electron chi connectivity index (χ2n) is 7.41. The van der Waals surface area contributed by atoms with Crippen molar-refractivity contribution in [3.8, 4) is 5.75 Å². The van der Waals surface area contributed by atoms with E-state index >= 15 is 0 Å². The van der Waals surface area contributed by atoms with E-state index in [1.54, 1.807) is 7.11 Å². The van der Waals surface area contributed by atoms with Gasteiger partial charge < -0.3 is 14.6 Å². The van der Waals surface area contributed by atoms with Crippen LogP contribution in [0, 0.1) is 6.92 Å². The smallest absolute Gasteiger partial charge is 0.208 e. The van der Waals surface area contributed by atoms with Gasteiger partial charge in [-0.3, -0.25) is 0 Å². The molecule has 6 heteroatoms. The van der Waals surface area contributed by atoms with Crippen LogP contribution in [0.2, 0.25) is 0 Å². The molecule has 1 N–H and O–H groups in total. The maximum Gasteiger partial charge on any atom is 0.208 e. The Hall–Kier alpha value is -1.72. The molecule has 0 aliphatic carbocycles. The molecule has 0 saturated heterocycles. The Morgan fingerprint density at radius 1 is 1.17 bits per heavy atom. The van der Waals surface area contributed by atoms with Gasteiger partial charge in [-0.2, -0.15) is 0 Å². The third-order valence-corrected chi connectivity index (χ3v) is 5.82. The molecule has 158 valence electrons. The fourth-order valence-corrected chi connectivity index (χ4v) is 4.59. The van der Waals surface area contributed by atoms with Crippen LogP contribution in [-0.4, -0.2) is 16.7 Å². The zero-order chi connectivity index (χ0) is 20.3. The lowest BCUT2D eigenvalue weighted by molar-refractivity contribution is 0.416. The number of nitrogens with zero attached hydrogens (tertiary/aromatic N) is 2. The van der Waals surface area contributed by atoms with Crippen molar-refractivity contribution in [2.45, 2.75) is 52.4 Å². The number of methoxy groups -OCH3 is 1. The Morgan fingerprint density at radius 2 is 1.86 bits per heavy atom. The quantitative estimate of drug-likeness (QED) is 0.363. The van der Waals surface area contributed by atoms with E-state index in [1.165, 1.54) is 36.8 Å². The van der Waals surface area contributed by atoms with E-state index in [4.69, 9.17) is 9.72 Å². The van der Waals surface area contributed by atoms with Crippen LogP contribution in [0.4, 0.5) is 11.6 Å². The van der Waals surface area contributed by atoms with E-state index in [1.807, 2.05) is 6.07 Å². The molecule has 0 fully saturated rings. The monoisotopic (exact) mass is 479 g/mol. The number of aryl methyl sites for hydroxylation is 2. The summed E-state index contributed by atoms with van der Waals surface area (Å²) in [5, 5.41) is 3.51. The molecule has 0 bridgehead atoms. The predicted octanol–water partition coefficient (Wildman–Crippen LogP) is 7.50. The average molecular weight is 481 g/mol. The number of benzene rings is 2. The van der Waals surface area contributed by atoms with Crippen LogP contribution < -0.4 is 10.1 Å². The Morgan fingerprint density at radius 3 is 2.48 bits per heavy atom. The Balaban J connectivity index is 0.00000300. The molecule has 0 amide bonds. The summed E-state index contributed by atoms with van der Waals surface area (Å²) in [6.45, 7) is 6.60. The minimum Gasteiger partial charge on any atom is -0.495 e. The number of imidazole rings is 1. The first-order chi connectivity index (χ1) is 13.5. The zero-order valence-corrected chi connectivity index (χ0v) is 20.3. The first-order valence-corrected chi connectivity index (χ1v) is 10.9. The lowest BCUT2D eigenvalue weighted by Crippen LogP contribution is -2.05. The molecule has 1 heterocycles. The maximum absolute atomic E-state index is 5.59. The predicted molar refractivity (Wildman–Crippen MR) is 129 cm³/mol. The molecule has 1 aromatic heterocycles. The Kier molecular flexibility index (Phi) is 8.41. The lowest BCUT2D eigenvalue weighted by Gasteiger charge is -2.18. The van der Waals surface area contributed by atoms with E-state index in [9.17, 15) is 0 Å². The molecule has 0 unspecified atom stereocenters. The molecule has 0 aliphatic heterocycles. The van der Waals surface area contributed by atoms with Crippen LogP contribution in [0.5, 0.6) is 5.75 Å². The average Bonchev–Trinajstić information content (AvgIpc) is 2.99. The van der Waals surface area contributed by atoms with Gasteiger partial charge in [-0.25, -0.2) is 4.98 Å². The summed E-state index contributed by atoms with van der Waals surface area (Å²) in [5.74, 6) is 2.21. The highest BCUT2D eigenvalue weighted by Gasteiger charge is 2.19. The van der Waals surface area contributed by atoms with Crippen molar-refractivity contribution in [1.82, 2.24) is 9.55 Å². The normalized spacial score (nSPS) is 11.0. The van der Waals surface area contributed by atoms with E-state index in [0.29, 0.717) is 5.92 Å². The fraction of sp³-hybridized carbons (Fsp3) is 0.435. The van der Waals surface area contributed by atoms with Gasteiger partial charge in [0.2, 0.25) is 5.95 Å². The standard InChI is InChI=1S/C23H30BrN3O.ClH/c1-6-9-16(10-7-2)18-11-8-12-19-22(18)27(4)23(25-19)26-21-15(3)13-17(24)14-20(21)28-5;/h8,11-14,16H,6-7,9-10H2,1-5H3,(H,25,26);1H. The second-order valence-corrected chi connectivity index (χ2v) is 8.32. The summed E-state index contributed by atoms with van der Waals surface area (Å²) in [5.41, 5.74) is 5.72. The van der Waals surface area contributed by atoms with Crippen LogP contribution in [0.3, 0.4) is 0 Å². The van der Waals surface area contributed by atoms with Crippen molar-refractivity contribution in [2.24, 2.45) is 7.05 Å². The Labute approximate surface area is 188 Å². The van der Waals surface area contributed by atoms with Crippen LogP contribution in [0.25, 0.3) is 11.0 Å². The summed E-state index contributed by atoms with van der Waals surface area (Å²) in [4.78, 5) is 4.89. The van der Waals surface area contributed by atoms with Gasteiger partial charge in [0.25, 0.3) is 0 Å². The molecule has 0 saturated carbocycles. The molecular weight excluding hydrogens is 450 g/mol. The number of halogens is 2. The highest BCUT2D eigenvalue weighted by atomic mass is 79.9. The number of hydrogen-bond acceptors (Lipinski definition) is 3. The topological polar surface area (TPSA) is 39.1 Å². The van der Waals surface area contributed by atoms with Gasteiger partial charge in [0.1, 0.15) is 5.75 Å². The summed E-state index contributed by atoms with van der Waals surface area (Å²) >= 11 is 3.54. The van der Waals surface area contributed by atoms with Gasteiger partial charge in [0.05, 0.1) is 23.8 Å². The third kappa shape index (κ3) is 4.89. The molecule has 0 spiro atoms. The number of nitrogens with one attached hydrogen (secondary N) is 1. The van der Waals surface area contributed by atoms with Crippen molar-refractivity contribution in [3.63, 3.8) is 0 Å². The molecule has 4 nitrogen and oxygen atoms in total. The number of para-hydroxylation sites is 1. The third-order valence-electron chi connectivity index (χ3n) is 5.36.